The summed E-state index contributed by atoms with van der Waals surface area (Å²) in [7, 11) is 4.87. The molecule has 7 N–H and O–H groups in total. The molecule has 0 unspecified atom stereocenters. The predicted molar refractivity (Wildman–Crippen MR) is 246 cm³/mol. The highest BCUT2D eigenvalue weighted by Crippen LogP contribution is 2.19. The number of nitrogens with one attached hydrogen (secondary N) is 1. The zero-order valence-electron chi connectivity index (χ0n) is 36.8. The molecule has 20 nitrogen and oxygen atoms in total. The highest BCUT2D eigenvalue weighted by atomic mass is 32.2. The minimum Gasteiger partial charge on any atom is -0.461 e. The lowest BCUT2D eigenvalue weighted by atomic mass is 10.1. The van der Waals surface area contributed by atoms with Gasteiger partial charge < -0.3 is 41.2 Å². The van der Waals surface area contributed by atoms with Crippen LogP contribution in [0.25, 0.3) is 34.7 Å². The summed E-state index contributed by atoms with van der Waals surface area (Å²) in [4.78, 5) is 29.0. The average molecular weight is 893 g/mol. The normalized spacial score (nSPS) is 11.5. The monoisotopic (exact) mass is 892 g/mol. The molecule has 0 spiro atoms. The third kappa shape index (κ3) is 13.3. The van der Waals surface area contributed by atoms with Crippen molar-refractivity contribution in [1.29, 1.82) is 0 Å². The van der Waals surface area contributed by atoms with Gasteiger partial charge in [0.2, 0.25) is 39.3 Å². The molecule has 338 valence electrons. The Kier molecular flexibility index (Phi) is 16.1. The molecule has 0 aliphatic rings. The zero-order chi connectivity index (χ0) is 45.6. The van der Waals surface area contributed by atoms with Crippen molar-refractivity contribution >= 4 is 39.2 Å². The van der Waals surface area contributed by atoms with E-state index in [2.05, 4.69) is 132 Å². The van der Waals surface area contributed by atoms with Gasteiger partial charge in [-0.05, 0) is 133 Å². The summed E-state index contributed by atoms with van der Waals surface area (Å²) in [6.45, 7) is 3.69. The number of rotatable bonds is 17. The fourth-order valence-electron chi connectivity index (χ4n) is 6.29. The number of furan rings is 2. The van der Waals surface area contributed by atoms with Gasteiger partial charge in [-0.25, -0.2) is 8.42 Å². The maximum absolute atomic E-state index is 11.4. The van der Waals surface area contributed by atoms with Gasteiger partial charge in [0.1, 0.15) is 0 Å². The van der Waals surface area contributed by atoms with Gasteiger partial charge >= 0.3 is 0 Å². The smallest absolute Gasteiger partial charge is 0.259 e. The van der Waals surface area contributed by atoms with Crippen molar-refractivity contribution in [3.63, 3.8) is 0 Å². The van der Waals surface area contributed by atoms with E-state index in [1.807, 2.05) is 0 Å². The molecule has 21 heteroatoms. The number of nitrogens with two attached hydrogens (primary N) is 3. The van der Waals surface area contributed by atoms with Crippen molar-refractivity contribution in [2.75, 3.05) is 77.4 Å². The largest absolute Gasteiger partial charge is 0.461 e. The zero-order valence-corrected chi connectivity index (χ0v) is 37.6. The third-order valence-electron chi connectivity index (χ3n) is 9.58. The van der Waals surface area contributed by atoms with Crippen molar-refractivity contribution < 1.29 is 17.3 Å². The summed E-state index contributed by atoms with van der Waals surface area (Å²) in [5.41, 5.74) is 22.6. The Morgan fingerprint density at radius 3 is 1.50 bits per heavy atom. The van der Waals surface area contributed by atoms with E-state index in [0.29, 0.717) is 35.6 Å². The quantitative estimate of drug-likeness (QED) is 0.101. The van der Waals surface area contributed by atoms with Crippen LogP contribution < -0.4 is 22.5 Å². The van der Waals surface area contributed by atoms with E-state index in [1.165, 1.54) is 52.3 Å². The van der Waals surface area contributed by atoms with Gasteiger partial charge in [0.15, 0.2) is 11.5 Å². The van der Waals surface area contributed by atoms with Gasteiger partial charge in [-0.3, -0.25) is 0 Å². The molecule has 8 aromatic rings. The van der Waals surface area contributed by atoms with E-state index >= 15 is 0 Å². The minimum absolute atomic E-state index is 0.0410. The first-order valence-corrected chi connectivity index (χ1v) is 22.6. The lowest BCUT2D eigenvalue weighted by Crippen LogP contribution is -2.13. The highest BCUT2D eigenvalue weighted by Gasteiger charge is 2.19. The fourth-order valence-corrected chi connectivity index (χ4v) is 6.79. The Balaban J connectivity index is 0.000000172. The van der Waals surface area contributed by atoms with Crippen molar-refractivity contribution in [1.82, 2.24) is 58.9 Å². The van der Waals surface area contributed by atoms with Crippen LogP contribution in [-0.2, 0) is 35.5 Å². The van der Waals surface area contributed by atoms with Crippen LogP contribution in [0.1, 0.15) is 35.1 Å². The first-order valence-electron chi connectivity index (χ1n) is 20.7. The molecule has 6 aromatic heterocycles. The van der Waals surface area contributed by atoms with Gasteiger partial charge in [-0.15, -0.1) is 10.2 Å². The number of anilines is 3. The number of hydrogen-bond acceptors (Lipinski definition) is 18. The summed E-state index contributed by atoms with van der Waals surface area (Å²) >= 11 is 0. The maximum atomic E-state index is 11.4. The molecule has 6 heterocycles. The molecule has 64 heavy (non-hydrogen) atoms. The molecule has 0 amide bonds. The van der Waals surface area contributed by atoms with Crippen molar-refractivity contribution in [3.05, 3.63) is 108 Å². The van der Waals surface area contributed by atoms with Gasteiger partial charge in [0.25, 0.3) is 16.7 Å². The van der Waals surface area contributed by atoms with Crippen LogP contribution in [0.15, 0.2) is 99.3 Å². The Morgan fingerprint density at radius 1 is 0.609 bits per heavy atom. The molecule has 0 aliphatic heterocycles. The molecule has 0 aliphatic carbocycles. The number of benzene rings is 2. The van der Waals surface area contributed by atoms with Crippen LogP contribution in [0.2, 0.25) is 0 Å². The summed E-state index contributed by atoms with van der Waals surface area (Å²) < 4.78 is 35.8. The van der Waals surface area contributed by atoms with Crippen LogP contribution in [0.4, 0.5) is 17.8 Å². The molecule has 0 fully saturated rings. The van der Waals surface area contributed by atoms with Crippen LogP contribution >= 0.6 is 0 Å². The standard InChI is InChI=1S/C21H26N8O.C13H22N2.C9H8N6O3S/c1-28(2)13-3-5-15-7-9-16(10-8-15)11-12-23-20-25-19(22)29-21(26-20)24-18(27-29)17-6-4-14-30-17;1-15(2)11-3-4-12-5-7-13(8-6-12)9-10-14;1-19(16,17)9-12-7(10)15-8(13-9)11-6(14-15)5-3-2-4-18-5/h4,6-10,14H,3,5,11-13H2,1-2H3,(H3,22,23,24,25,26,27);5-8H,3-4,9-11,14H2,1-2H3;2-4H,1H3,(H2,10,11,12,13,14). The lowest BCUT2D eigenvalue weighted by molar-refractivity contribution is 0.400. The maximum Gasteiger partial charge on any atom is 0.259 e. The topological polar surface area (TPSA) is 269 Å². The number of nitrogen functional groups attached to an aromatic ring is 2. The molecule has 0 radical (unpaired) electrons. The average Bonchev–Trinajstić information content (AvgIpc) is 4.10. The molecular formula is C43H56N16O4S. The van der Waals surface area contributed by atoms with Crippen molar-refractivity contribution in [3.8, 4) is 23.2 Å². The number of nitrogens with zero attached hydrogens (tertiary/aromatic N) is 12. The number of sulfone groups is 1. The Labute approximate surface area is 371 Å². The molecule has 2 aromatic carbocycles. The first-order chi connectivity index (χ1) is 30.7. The van der Waals surface area contributed by atoms with Gasteiger partial charge in [-0.1, -0.05) is 48.5 Å². The van der Waals surface area contributed by atoms with Crippen molar-refractivity contribution in [2.45, 2.75) is 43.7 Å². The van der Waals surface area contributed by atoms with Crippen LogP contribution in [0.3, 0.4) is 0 Å². The number of fused-ring (bicyclic) bond motifs is 2. The summed E-state index contributed by atoms with van der Waals surface area (Å²) in [6, 6.07) is 24.5. The highest BCUT2D eigenvalue weighted by molar-refractivity contribution is 7.90. The molecular weight excluding hydrogens is 837 g/mol. The number of hydrogen-bond donors (Lipinski definition) is 4. The predicted octanol–water partition coefficient (Wildman–Crippen LogP) is 3.96. The minimum atomic E-state index is -3.57. The van der Waals surface area contributed by atoms with E-state index in [1.54, 1.807) is 30.5 Å². The summed E-state index contributed by atoms with van der Waals surface area (Å²) in [5.74, 6) is 2.59. The Morgan fingerprint density at radius 2 is 1.06 bits per heavy atom. The first kappa shape index (κ1) is 46.7. The third-order valence-corrected chi connectivity index (χ3v) is 10.4. The summed E-state index contributed by atoms with van der Waals surface area (Å²) in [5, 5.41) is 11.2. The van der Waals surface area contributed by atoms with E-state index in [0.717, 1.165) is 49.7 Å². The lowest BCUT2D eigenvalue weighted by Gasteiger charge is -2.09. The fraction of sp³-hybridized carbons (Fsp3) is 0.349. The molecule has 8 rings (SSSR count). The van der Waals surface area contributed by atoms with Gasteiger partial charge in [-0.2, -0.15) is 38.9 Å². The molecule has 0 saturated carbocycles. The van der Waals surface area contributed by atoms with E-state index < -0.39 is 15.0 Å². The Hall–Kier alpha value is -6.81. The summed E-state index contributed by atoms with van der Waals surface area (Å²) in [6.07, 6.45) is 10.5. The van der Waals surface area contributed by atoms with Gasteiger partial charge in [0, 0.05) is 12.8 Å². The number of aryl methyl sites for hydroxylation is 2. The Bertz CT molecular complexity index is 2770. The van der Waals surface area contributed by atoms with E-state index in [-0.39, 0.29) is 23.5 Å². The second-order valence-corrected chi connectivity index (χ2v) is 17.4. The SMILES string of the molecule is CN(C)CCCc1ccc(CCN)cc1.CN(C)CCCc1ccc(CCNc2nc(N)n3nc(-c4ccco4)nc3n2)cc1.CS(=O)(=O)c1nc(N)n2nc(-c3ccco3)nc2n1. The van der Waals surface area contributed by atoms with Crippen molar-refractivity contribution in [2.24, 2.45) is 5.73 Å². The second-order valence-electron chi connectivity index (χ2n) is 15.5. The van der Waals surface area contributed by atoms with E-state index in [4.69, 9.17) is 26.0 Å². The molecule has 0 atom stereocenters. The molecule has 0 bridgehead atoms. The van der Waals surface area contributed by atoms with Crippen LogP contribution in [0, 0.1) is 0 Å². The second kappa shape index (κ2) is 22.0. The number of aromatic nitrogens is 10. The van der Waals surface area contributed by atoms with Crippen LogP contribution in [-0.4, -0.2) is 128 Å². The van der Waals surface area contributed by atoms with Crippen LogP contribution in [0.5, 0.6) is 0 Å². The molecule has 0 saturated heterocycles. The van der Waals surface area contributed by atoms with Gasteiger partial charge in [0.05, 0.1) is 12.5 Å². The van der Waals surface area contributed by atoms with E-state index in [9.17, 15) is 8.42 Å².